The van der Waals surface area contributed by atoms with Crippen LogP contribution in [0, 0.1) is 5.92 Å². The summed E-state index contributed by atoms with van der Waals surface area (Å²) in [7, 11) is 0. The highest BCUT2D eigenvalue weighted by Gasteiger charge is 2.34. The average Bonchev–Trinajstić information content (AvgIpc) is 2.46. The third-order valence-electron chi connectivity index (χ3n) is 2.81. The largest absolute Gasteiger partial charge is 0.395 e. The van der Waals surface area contributed by atoms with E-state index in [9.17, 15) is 0 Å². The van der Waals surface area contributed by atoms with Crippen LogP contribution in [0.1, 0.15) is 19.3 Å². The zero-order valence-corrected chi connectivity index (χ0v) is 6.71. The Morgan fingerprint density at radius 3 is 3.09 bits per heavy atom. The number of hydrogen-bond donors (Lipinski definition) is 3. The first-order valence-corrected chi connectivity index (χ1v) is 4.50. The van der Waals surface area contributed by atoms with E-state index < -0.39 is 0 Å². The lowest BCUT2D eigenvalue weighted by Crippen LogP contribution is -2.47. The predicted octanol–water partition coefficient (Wildman–Crippen LogP) is -0.334. The molecule has 2 heterocycles. The maximum Gasteiger partial charge on any atom is 0.0604 e. The molecule has 2 aliphatic heterocycles. The van der Waals surface area contributed by atoms with Crippen LogP contribution >= 0.6 is 0 Å². The highest BCUT2D eigenvalue weighted by atomic mass is 16.3. The lowest BCUT2D eigenvalue weighted by Gasteiger charge is -2.25. The molecule has 2 rings (SSSR count). The second-order valence-electron chi connectivity index (χ2n) is 3.62. The molecule has 0 aromatic heterocycles. The van der Waals surface area contributed by atoms with E-state index in [0.717, 1.165) is 18.9 Å². The van der Waals surface area contributed by atoms with E-state index >= 15 is 0 Å². The van der Waals surface area contributed by atoms with Crippen LogP contribution in [0.3, 0.4) is 0 Å². The maximum atomic E-state index is 8.92. The smallest absolute Gasteiger partial charge is 0.0604 e. The van der Waals surface area contributed by atoms with Gasteiger partial charge in [0, 0.05) is 6.04 Å². The minimum absolute atomic E-state index is 0.286. The molecular formula is C8H16N2O. The Kier molecular flexibility index (Phi) is 2.11. The number of hydrogen-bond acceptors (Lipinski definition) is 3. The van der Waals surface area contributed by atoms with E-state index in [0.29, 0.717) is 12.2 Å². The van der Waals surface area contributed by atoms with Gasteiger partial charge in [0.15, 0.2) is 0 Å². The molecule has 0 aromatic rings. The van der Waals surface area contributed by atoms with Crippen molar-refractivity contribution in [2.75, 3.05) is 13.2 Å². The van der Waals surface area contributed by atoms with E-state index in [1.165, 1.54) is 12.8 Å². The summed E-state index contributed by atoms with van der Waals surface area (Å²) < 4.78 is 0. The summed E-state index contributed by atoms with van der Waals surface area (Å²) in [6, 6.07) is 0.343. The summed E-state index contributed by atoms with van der Waals surface area (Å²) in [5, 5.41) is 15.7. The summed E-state index contributed by atoms with van der Waals surface area (Å²) >= 11 is 0. The van der Waals surface area contributed by atoms with Crippen LogP contribution in [-0.4, -0.2) is 30.5 Å². The Hall–Kier alpha value is -0.120. The van der Waals surface area contributed by atoms with Gasteiger partial charge in [-0.25, -0.2) is 0 Å². The lowest BCUT2D eigenvalue weighted by molar-refractivity contribution is 0.249. The Morgan fingerprint density at radius 2 is 2.36 bits per heavy atom. The van der Waals surface area contributed by atoms with Gasteiger partial charge >= 0.3 is 0 Å². The monoisotopic (exact) mass is 156 g/mol. The van der Waals surface area contributed by atoms with Crippen LogP contribution < -0.4 is 10.6 Å². The fourth-order valence-corrected chi connectivity index (χ4v) is 2.22. The highest BCUT2D eigenvalue weighted by Crippen LogP contribution is 2.25. The van der Waals surface area contributed by atoms with Gasteiger partial charge in [-0.1, -0.05) is 0 Å². The fraction of sp³-hybridized carbons (Fsp3) is 1.00. The normalized spacial score (nSPS) is 43.9. The molecule has 0 aromatic carbocycles. The molecule has 2 aliphatic rings. The van der Waals surface area contributed by atoms with Crippen molar-refractivity contribution in [2.24, 2.45) is 5.92 Å². The summed E-state index contributed by atoms with van der Waals surface area (Å²) in [6.07, 6.45) is 4.25. The molecular weight excluding hydrogens is 140 g/mol. The van der Waals surface area contributed by atoms with Crippen molar-refractivity contribution in [3.63, 3.8) is 0 Å². The first-order chi connectivity index (χ1) is 5.40. The van der Waals surface area contributed by atoms with Crippen LogP contribution in [0.5, 0.6) is 0 Å². The molecule has 2 saturated heterocycles. The van der Waals surface area contributed by atoms with Gasteiger partial charge in [0.2, 0.25) is 0 Å². The van der Waals surface area contributed by atoms with E-state index in [1.54, 1.807) is 0 Å². The maximum absolute atomic E-state index is 8.92. The van der Waals surface area contributed by atoms with E-state index in [2.05, 4.69) is 10.6 Å². The van der Waals surface area contributed by atoms with Gasteiger partial charge in [-0.05, 0) is 31.7 Å². The van der Waals surface area contributed by atoms with Gasteiger partial charge in [-0.3, -0.25) is 5.32 Å². The lowest BCUT2D eigenvalue weighted by atomic mass is 9.95. The zero-order chi connectivity index (χ0) is 7.68. The molecule has 0 aliphatic carbocycles. The molecule has 2 fully saturated rings. The molecule has 0 radical (unpaired) electrons. The first kappa shape index (κ1) is 7.53. The molecule has 0 saturated carbocycles. The van der Waals surface area contributed by atoms with Crippen LogP contribution in [-0.2, 0) is 0 Å². The van der Waals surface area contributed by atoms with E-state index in [1.807, 2.05) is 0 Å². The van der Waals surface area contributed by atoms with Gasteiger partial charge in [0.25, 0.3) is 0 Å². The topological polar surface area (TPSA) is 44.3 Å². The van der Waals surface area contributed by atoms with Crippen molar-refractivity contribution in [1.29, 1.82) is 0 Å². The summed E-state index contributed by atoms with van der Waals surface area (Å²) in [6.45, 7) is 1.42. The minimum atomic E-state index is 0.286. The Morgan fingerprint density at radius 1 is 1.45 bits per heavy atom. The second kappa shape index (κ2) is 3.09. The molecule has 0 spiro atoms. The van der Waals surface area contributed by atoms with Gasteiger partial charge < -0.3 is 10.4 Å². The van der Waals surface area contributed by atoms with Gasteiger partial charge in [0.1, 0.15) is 0 Å². The summed E-state index contributed by atoms with van der Waals surface area (Å²) in [5.74, 6) is 0.765. The minimum Gasteiger partial charge on any atom is -0.395 e. The summed E-state index contributed by atoms with van der Waals surface area (Å²) in [5.41, 5.74) is 0. The number of fused-ring (bicyclic) bond motifs is 1. The third-order valence-corrected chi connectivity index (χ3v) is 2.81. The van der Waals surface area contributed by atoms with Crippen molar-refractivity contribution in [3.05, 3.63) is 0 Å². The summed E-state index contributed by atoms with van der Waals surface area (Å²) in [4.78, 5) is 0. The van der Waals surface area contributed by atoms with E-state index in [4.69, 9.17) is 5.11 Å². The van der Waals surface area contributed by atoms with Gasteiger partial charge in [0.05, 0.1) is 12.8 Å². The van der Waals surface area contributed by atoms with Crippen molar-refractivity contribution in [3.8, 4) is 0 Å². The van der Waals surface area contributed by atoms with Gasteiger partial charge in [-0.15, -0.1) is 0 Å². The highest BCUT2D eigenvalue weighted by molar-refractivity contribution is 4.91. The van der Waals surface area contributed by atoms with Gasteiger partial charge in [-0.2, -0.15) is 0 Å². The molecule has 0 bridgehead atoms. The Labute approximate surface area is 67.2 Å². The predicted molar refractivity (Wildman–Crippen MR) is 43.1 cm³/mol. The molecule has 3 nitrogen and oxygen atoms in total. The van der Waals surface area contributed by atoms with Crippen LogP contribution in [0.4, 0.5) is 0 Å². The molecule has 3 N–H and O–H groups in total. The quantitative estimate of drug-likeness (QED) is 0.487. The molecule has 3 unspecified atom stereocenters. The third kappa shape index (κ3) is 1.41. The van der Waals surface area contributed by atoms with Crippen molar-refractivity contribution in [1.82, 2.24) is 10.6 Å². The number of aliphatic hydroxyl groups excluding tert-OH is 1. The van der Waals surface area contributed by atoms with Crippen LogP contribution in [0.15, 0.2) is 0 Å². The van der Waals surface area contributed by atoms with Crippen LogP contribution in [0.25, 0.3) is 0 Å². The van der Waals surface area contributed by atoms with Crippen molar-refractivity contribution >= 4 is 0 Å². The number of rotatable bonds is 1. The number of piperidine rings is 1. The standard InChI is InChI=1S/C8H16N2O/c11-5-7-4-6-2-1-3-9-8(6)10-7/h6-11H,1-5H2. The first-order valence-electron chi connectivity index (χ1n) is 4.50. The molecule has 3 heteroatoms. The Balaban J connectivity index is 1.92. The Bertz CT molecular complexity index is 126. The SMILES string of the molecule is OCC1CC2CCCNC2N1. The molecule has 11 heavy (non-hydrogen) atoms. The molecule has 3 atom stereocenters. The van der Waals surface area contributed by atoms with Crippen LogP contribution in [0.2, 0.25) is 0 Å². The second-order valence-corrected chi connectivity index (χ2v) is 3.62. The zero-order valence-electron chi connectivity index (χ0n) is 6.71. The molecule has 0 amide bonds. The van der Waals surface area contributed by atoms with Crippen molar-refractivity contribution < 1.29 is 5.11 Å². The average molecular weight is 156 g/mol. The number of nitrogens with one attached hydrogen (secondary N) is 2. The number of aliphatic hydroxyl groups is 1. The molecule has 64 valence electrons. The van der Waals surface area contributed by atoms with E-state index in [-0.39, 0.29) is 6.61 Å². The van der Waals surface area contributed by atoms with Crippen molar-refractivity contribution in [2.45, 2.75) is 31.5 Å². The fourth-order valence-electron chi connectivity index (χ4n) is 2.22.